The van der Waals surface area contributed by atoms with Crippen molar-refractivity contribution in [2.24, 2.45) is 0 Å². The summed E-state index contributed by atoms with van der Waals surface area (Å²) in [5, 5.41) is 12.0. The summed E-state index contributed by atoms with van der Waals surface area (Å²) < 4.78 is 5.34. The normalized spacial score (nSPS) is 16.0. The SMILES string of the molecule is O=C(O)c1ccc(-c2csc(CN3CCOCC3)n2)cc1. The Balaban J connectivity index is 1.70. The smallest absolute Gasteiger partial charge is 0.335 e. The van der Waals surface area contributed by atoms with Gasteiger partial charge in [0, 0.05) is 24.0 Å². The maximum atomic E-state index is 10.8. The fourth-order valence-corrected chi connectivity index (χ4v) is 3.09. The number of carboxylic acid groups (broad SMARTS) is 1. The molecule has 1 aromatic heterocycles. The lowest BCUT2D eigenvalue weighted by Gasteiger charge is -2.25. The third kappa shape index (κ3) is 3.47. The largest absolute Gasteiger partial charge is 0.478 e. The average molecular weight is 304 g/mol. The second-order valence-corrected chi connectivity index (χ2v) is 5.84. The van der Waals surface area contributed by atoms with Crippen molar-refractivity contribution in [3.05, 3.63) is 40.2 Å². The molecule has 2 aromatic rings. The molecule has 0 radical (unpaired) electrons. The highest BCUT2D eigenvalue weighted by molar-refractivity contribution is 7.09. The van der Waals surface area contributed by atoms with Crippen LogP contribution >= 0.6 is 11.3 Å². The lowest BCUT2D eigenvalue weighted by molar-refractivity contribution is 0.0342. The van der Waals surface area contributed by atoms with E-state index in [1.54, 1.807) is 35.6 Å². The molecule has 0 amide bonds. The van der Waals surface area contributed by atoms with Crippen LogP contribution in [0.15, 0.2) is 29.6 Å². The molecule has 0 bridgehead atoms. The first kappa shape index (κ1) is 14.2. The number of morpholine rings is 1. The zero-order valence-corrected chi connectivity index (χ0v) is 12.3. The molecular weight excluding hydrogens is 288 g/mol. The predicted molar refractivity (Wildman–Crippen MR) is 80.6 cm³/mol. The van der Waals surface area contributed by atoms with E-state index in [4.69, 9.17) is 9.84 Å². The number of hydrogen-bond acceptors (Lipinski definition) is 5. The third-order valence-electron chi connectivity index (χ3n) is 3.44. The van der Waals surface area contributed by atoms with Crippen molar-refractivity contribution < 1.29 is 14.6 Å². The number of benzene rings is 1. The van der Waals surface area contributed by atoms with Crippen molar-refractivity contribution in [3.8, 4) is 11.3 Å². The summed E-state index contributed by atoms with van der Waals surface area (Å²) in [5.41, 5.74) is 2.15. The second-order valence-electron chi connectivity index (χ2n) is 4.90. The monoisotopic (exact) mass is 304 g/mol. The highest BCUT2D eigenvalue weighted by Gasteiger charge is 2.13. The summed E-state index contributed by atoms with van der Waals surface area (Å²) in [6.07, 6.45) is 0. The molecule has 1 aliphatic rings. The van der Waals surface area contributed by atoms with Crippen LogP contribution in [0, 0.1) is 0 Å². The summed E-state index contributed by atoms with van der Waals surface area (Å²) in [5.74, 6) is -0.909. The van der Waals surface area contributed by atoms with Crippen LogP contribution in [0.25, 0.3) is 11.3 Å². The molecule has 1 saturated heterocycles. The van der Waals surface area contributed by atoms with Crippen molar-refractivity contribution in [2.75, 3.05) is 26.3 Å². The standard InChI is InChI=1S/C15H16N2O3S/c18-15(19)12-3-1-11(2-4-12)13-10-21-14(16-13)9-17-5-7-20-8-6-17/h1-4,10H,5-9H2,(H,18,19). The van der Waals surface area contributed by atoms with E-state index in [0.717, 1.165) is 49.1 Å². The van der Waals surface area contributed by atoms with Crippen LogP contribution in [-0.2, 0) is 11.3 Å². The highest BCUT2D eigenvalue weighted by Crippen LogP contribution is 2.23. The lowest BCUT2D eigenvalue weighted by Crippen LogP contribution is -2.35. The molecule has 1 aliphatic heterocycles. The fraction of sp³-hybridized carbons (Fsp3) is 0.333. The Morgan fingerprint density at radius 2 is 2.00 bits per heavy atom. The van der Waals surface area contributed by atoms with E-state index in [-0.39, 0.29) is 0 Å². The van der Waals surface area contributed by atoms with Gasteiger partial charge in [-0.3, -0.25) is 4.90 Å². The molecular formula is C15H16N2O3S. The third-order valence-corrected chi connectivity index (χ3v) is 4.28. The zero-order valence-electron chi connectivity index (χ0n) is 11.5. The topological polar surface area (TPSA) is 62.7 Å². The van der Waals surface area contributed by atoms with Gasteiger partial charge in [0.2, 0.25) is 0 Å². The number of nitrogens with zero attached hydrogens (tertiary/aromatic N) is 2. The van der Waals surface area contributed by atoms with E-state index < -0.39 is 5.97 Å². The average Bonchev–Trinajstić information content (AvgIpc) is 2.97. The number of ether oxygens (including phenoxy) is 1. The molecule has 3 rings (SSSR count). The first-order valence-electron chi connectivity index (χ1n) is 6.80. The molecule has 5 nitrogen and oxygen atoms in total. The number of hydrogen-bond donors (Lipinski definition) is 1. The Bertz CT molecular complexity index is 618. The quantitative estimate of drug-likeness (QED) is 0.939. The van der Waals surface area contributed by atoms with Gasteiger partial charge in [0.05, 0.1) is 31.0 Å². The molecule has 1 aromatic carbocycles. The van der Waals surface area contributed by atoms with Crippen LogP contribution in [0.1, 0.15) is 15.4 Å². The summed E-state index contributed by atoms with van der Waals surface area (Å²) in [7, 11) is 0. The predicted octanol–water partition coefficient (Wildman–Crippen LogP) is 2.34. The Morgan fingerprint density at radius 3 is 2.67 bits per heavy atom. The van der Waals surface area contributed by atoms with Crippen LogP contribution < -0.4 is 0 Å². The van der Waals surface area contributed by atoms with Crippen molar-refractivity contribution >= 4 is 17.3 Å². The molecule has 0 atom stereocenters. The minimum absolute atomic E-state index is 0.294. The molecule has 0 saturated carbocycles. The van der Waals surface area contributed by atoms with Crippen molar-refractivity contribution in [1.29, 1.82) is 0 Å². The minimum Gasteiger partial charge on any atom is -0.478 e. The molecule has 2 heterocycles. The van der Waals surface area contributed by atoms with Gasteiger partial charge in [0.15, 0.2) is 0 Å². The number of rotatable bonds is 4. The van der Waals surface area contributed by atoms with Crippen LogP contribution in [-0.4, -0.2) is 47.3 Å². The van der Waals surface area contributed by atoms with E-state index in [9.17, 15) is 4.79 Å². The number of carbonyl (C=O) groups is 1. The van der Waals surface area contributed by atoms with E-state index in [1.807, 2.05) is 5.38 Å². The number of aromatic carboxylic acids is 1. The molecule has 1 N–H and O–H groups in total. The van der Waals surface area contributed by atoms with Gasteiger partial charge in [0.25, 0.3) is 0 Å². The maximum absolute atomic E-state index is 10.8. The van der Waals surface area contributed by atoms with E-state index in [0.29, 0.717) is 5.56 Å². The first-order chi connectivity index (χ1) is 10.2. The number of thiazole rings is 1. The van der Waals surface area contributed by atoms with Crippen LogP contribution in [0.2, 0.25) is 0 Å². The van der Waals surface area contributed by atoms with E-state index in [2.05, 4.69) is 9.88 Å². The zero-order chi connectivity index (χ0) is 14.7. The molecule has 0 unspecified atom stereocenters. The molecule has 110 valence electrons. The molecule has 0 spiro atoms. The van der Waals surface area contributed by atoms with Crippen LogP contribution in [0.3, 0.4) is 0 Å². The van der Waals surface area contributed by atoms with Gasteiger partial charge in [-0.05, 0) is 12.1 Å². The molecule has 21 heavy (non-hydrogen) atoms. The summed E-state index contributed by atoms with van der Waals surface area (Å²) in [6, 6.07) is 6.82. The first-order valence-corrected chi connectivity index (χ1v) is 7.68. The lowest BCUT2D eigenvalue weighted by atomic mass is 10.1. The Morgan fingerprint density at radius 1 is 1.29 bits per heavy atom. The van der Waals surface area contributed by atoms with Gasteiger partial charge >= 0.3 is 5.97 Å². The van der Waals surface area contributed by atoms with E-state index >= 15 is 0 Å². The molecule has 1 fully saturated rings. The van der Waals surface area contributed by atoms with Crippen LogP contribution in [0.4, 0.5) is 0 Å². The number of aromatic nitrogens is 1. The van der Waals surface area contributed by atoms with Crippen molar-refractivity contribution in [1.82, 2.24) is 9.88 Å². The van der Waals surface area contributed by atoms with Crippen molar-refractivity contribution in [3.63, 3.8) is 0 Å². The van der Waals surface area contributed by atoms with Gasteiger partial charge in [-0.2, -0.15) is 0 Å². The summed E-state index contributed by atoms with van der Waals surface area (Å²) in [6.45, 7) is 4.31. The fourth-order valence-electron chi connectivity index (χ4n) is 2.25. The van der Waals surface area contributed by atoms with Gasteiger partial charge in [-0.1, -0.05) is 12.1 Å². The number of carboxylic acids is 1. The summed E-state index contributed by atoms with van der Waals surface area (Å²) >= 11 is 1.64. The molecule has 0 aliphatic carbocycles. The van der Waals surface area contributed by atoms with Gasteiger partial charge in [0.1, 0.15) is 5.01 Å². The highest BCUT2D eigenvalue weighted by atomic mass is 32.1. The van der Waals surface area contributed by atoms with Gasteiger partial charge in [-0.15, -0.1) is 11.3 Å². The van der Waals surface area contributed by atoms with Crippen molar-refractivity contribution in [2.45, 2.75) is 6.54 Å². The molecule has 6 heteroatoms. The maximum Gasteiger partial charge on any atom is 0.335 e. The Labute approximate surface area is 126 Å². The van der Waals surface area contributed by atoms with Gasteiger partial charge < -0.3 is 9.84 Å². The van der Waals surface area contributed by atoms with Crippen LogP contribution in [0.5, 0.6) is 0 Å². The summed E-state index contributed by atoms with van der Waals surface area (Å²) in [4.78, 5) is 17.8. The van der Waals surface area contributed by atoms with Gasteiger partial charge in [-0.25, -0.2) is 9.78 Å². The van der Waals surface area contributed by atoms with E-state index in [1.165, 1.54) is 0 Å². The minimum atomic E-state index is -0.909. The Hall–Kier alpha value is -1.76. The second kappa shape index (κ2) is 6.34. The Kier molecular flexibility index (Phi) is 4.28.